The average molecular weight is 727 g/mol. The first-order valence-corrected chi connectivity index (χ1v) is 19.5. The molecule has 0 saturated heterocycles. The van der Waals surface area contributed by atoms with Gasteiger partial charge in [0.05, 0.1) is 22.1 Å². The molecule has 4 heteroatoms. The number of rotatable bonds is 4. The van der Waals surface area contributed by atoms with Gasteiger partial charge in [0, 0.05) is 27.5 Å². The number of aryl methyl sites for hydroxylation is 1. The minimum absolute atomic E-state index is 0.517. The lowest BCUT2D eigenvalue weighted by atomic mass is 9.65. The topological polar surface area (TPSA) is 43.6 Å². The van der Waals surface area contributed by atoms with Crippen LogP contribution in [0.25, 0.3) is 83.9 Å². The van der Waals surface area contributed by atoms with E-state index in [0.29, 0.717) is 17.5 Å². The molecule has 0 amide bonds. The van der Waals surface area contributed by atoms with Crippen molar-refractivity contribution in [2.24, 2.45) is 0 Å². The summed E-state index contributed by atoms with van der Waals surface area (Å²) >= 11 is 0. The van der Waals surface area contributed by atoms with Crippen molar-refractivity contribution >= 4 is 21.8 Å². The second-order valence-electron chi connectivity index (χ2n) is 15.2. The maximum absolute atomic E-state index is 5.11. The average Bonchev–Trinajstić information content (AvgIpc) is 3.77. The molecule has 4 nitrogen and oxygen atoms in total. The molecule has 0 unspecified atom stereocenters. The molecule has 10 aromatic rings. The first kappa shape index (κ1) is 31.9. The predicted octanol–water partition coefficient (Wildman–Crippen LogP) is 12.6. The second kappa shape index (κ2) is 12.0. The van der Waals surface area contributed by atoms with Crippen LogP contribution in [0.2, 0.25) is 0 Å². The van der Waals surface area contributed by atoms with Gasteiger partial charge in [0.15, 0.2) is 17.5 Å². The maximum atomic E-state index is 5.11. The highest BCUT2D eigenvalue weighted by atomic mass is 15.0. The number of hydrogen-bond acceptors (Lipinski definition) is 3. The normalized spacial score (nSPS) is 13.1. The Kier molecular flexibility index (Phi) is 6.73. The van der Waals surface area contributed by atoms with Crippen LogP contribution >= 0.6 is 0 Å². The third-order valence-electron chi connectivity index (χ3n) is 12.2. The molecule has 0 N–H and O–H groups in total. The molecule has 57 heavy (non-hydrogen) atoms. The fourth-order valence-electron chi connectivity index (χ4n) is 9.75. The Morgan fingerprint density at radius 2 is 0.930 bits per heavy atom. The van der Waals surface area contributed by atoms with Gasteiger partial charge in [-0.25, -0.2) is 15.0 Å². The van der Waals surface area contributed by atoms with Crippen LogP contribution in [0.15, 0.2) is 188 Å². The number of aromatic nitrogens is 4. The molecule has 1 aliphatic heterocycles. The van der Waals surface area contributed by atoms with Crippen molar-refractivity contribution in [2.45, 2.75) is 12.3 Å². The van der Waals surface area contributed by atoms with Crippen molar-refractivity contribution in [3.63, 3.8) is 0 Å². The largest absolute Gasteiger partial charge is 0.309 e. The van der Waals surface area contributed by atoms with Crippen molar-refractivity contribution in [3.05, 3.63) is 216 Å². The highest BCUT2D eigenvalue weighted by Gasteiger charge is 2.50. The molecule has 0 atom stereocenters. The summed E-state index contributed by atoms with van der Waals surface area (Å²) in [5, 5.41) is 2.49. The van der Waals surface area contributed by atoms with E-state index in [0.717, 1.165) is 22.3 Å². The molecule has 1 spiro atoms. The van der Waals surface area contributed by atoms with Crippen LogP contribution in [-0.2, 0) is 5.41 Å². The predicted molar refractivity (Wildman–Crippen MR) is 232 cm³/mol. The van der Waals surface area contributed by atoms with Gasteiger partial charge < -0.3 is 4.57 Å². The molecular formula is C53H34N4. The molecule has 0 fully saturated rings. The van der Waals surface area contributed by atoms with Gasteiger partial charge >= 0.3 is 0 Å². The van der Waals surface area contributed by atoms with Gasteiger partial charge in [0.2, 0.25) is 0 Å². The summed E-state index contributed by atoms with van der Waals surface area (Å²) in [4.78, 5) is 15.2. The van der Waals surface area contributed by atoms with E-state index in [4.69, 9.17) is 15.0 Å². The third-order valence-corrected chi connectivity index (χ3v) is 12.2. The van der Waals surface area contributed by atoms with Crippen molar-refractivity contribution < 1.29 is 0 Å². The summed E-state index contributed by atoms with van der Waals surface area (Å²) in [6, 6.07) is 67.9. The molecule has 0 saturated carbocycles. The van der Waals surface area contributed by atoms with Gasteiger partial charge in [-0.15, -0.1) is 0 Å². The Morgan fingerprint density at radius 1 is 0.386 bits per heavy atom. The zero-order valence-electron chi connectivity index (χ0n) is 31.2. The Labute approximate surface area is 330 Å². The molecule has 1 aliphatic carbocycles. The van der Waals surface area contributed by atoms with Crippen molar-refractivity contribution in [1.29, 1.82) is 0 Å². The van der Waals surface area contributed by atoms with Gasteiger partial charge in [-0.1, -0.05) is 158 Å². The summed E-state index contributed by atoms with van der Waals surface area (Å²) in [5.41, 5.74) is 17.4. The van der Waals surface area contributed by atoms with E-state index in [9.17, 15) is 0 Å². The van der Waals surface area contributed by atoms with Gasteiger partial charge in [-0.2, -0.15) is 0 Å². The molecule has 12 rings (SSSR count). The lowest BCUT2D eigenvalue weighted by molar-refractivity contribution is 0.749. The number of nitrogens with zero attached hydrogens (tertiary/aromatic N) is 4. The standard InChI is InChI=1S/C53H34N4/c1-33-28-29-36(52-55-50(34-16-4-2-5-17-34)54-51(56-52)35-18-6-3-7-19-35)30-41(33)37-31-42-40-22-10-14-26-47(40)57-48-27-15-13-25-45(48)53(46(32-37)49(42)57)43-23-11-8-20-38(43)39-21-9-12-24-44(39)53/h2-32H,1H3. The van der Waals surface area contributed by atoms with E-state index >= 15 is 0 Å². The molecule has 8 aromatic carbocycles. The van der Waals surface area contributed by atoms with E-state index in [1.165, 1.54) is 72.0 Å². The van der Waals surface area contributed by atoms with Crippen LogP contribution in [0, 0.1) is 6.92 Å². The van der Waals surface area contributed by atoms with Crippen molar-refractivity contribution in [3.8, 4) is 62.1 Å². The summed E-state index contributed by atoms with van der Waals surface area (Å²) < 4.78 is 2.51. The lowest BCUT2D eigenvalue weighted by Gasteiger charge is -2.40. The lowest BCUT2D eigenvalue weighted by Crippen LogP contribution is -2.33. The zero-order chi connectivity index (χ0) is 37.7. The summed E-state index contributed by atoms with van der Waals surface area (Å²) in [5.74, 6) is 1.95. The third kappa shape index (κ3) is 4.47. The zero-order valence-corrected chi connectivity index (χ0v) is 31.2. The molecule has 266 valence electrons. The van der Waals surface area contributed by atoms with Crippen molar-refractivity contribution in [2.75, 3.05) is 0 Å². The summed E-state index contributed by atoms with van der Waals surface area (Å²) in [6.07, 6.45) is 0. The van der Waals surface area contributed by atoms with Crippen LogP contribution in [0.1, 0.15) is 27.8 Å². The molecule has 2 aromatic heterocycles. The fourth-order valence-corrected chi connectivity index (χ4v) is 9.75. The van der Waals surface area contributed by atoms with E-state index in [-0.39, 0.29) is 0 Å². The summed E-state index contributed by atoms with van der Waals surface area (Å²) in [7, 11) is 0. The number of fused-ring (bicyclic) bond motifs is 12. The minimum atomic E-state index is -0.517. The quantitative estimate of drug-likeness (QED) is 0.181. The Morgan fingerprint density at radius 3 is 1.60 bits per heavy atom. The van der Waals surface area contributed by atoms with E-state index in [2.05, 4.69) is 163 Å². The van der Waals surface area contributed by atoms with Crippen LogP contribution in [-0.4, -0.2) is 19.5 Å². The molecule has 3 heterocycles. The van der Waals surface area contributed by atoms with Crippen LogP contribution < -0.4 is 0 Å². The SMILES string of the molecule is Cc1ccc(-c2nc(-c3ccccc3)nc(-c3ccccc3)n2)cc1-c1cc2c3c(c1)c1ccccc1n3-c1ccccc1C21c2ccccc2-c2ccccc21. The van der Waals surface area contributed by atoms with E-state index in [1.807, 2.05) is 36.4 Å². The number of hydrogen-bond donors (Lipinski definition) is 0. The van der Waals surface area contributed by atoms with Gasteiger partial charge in [0.1, 0.15) is 0 Å². The Hall–Kier alpha value is -7.43. The number of benzene rings is 8. The van der Waals surface area contributed by atoms with Gasteiger partial charge in [0.25, 0.3) is 0 Å². The van der Waals surface area contributed by atoms with Crippen LogP contribution in [0.3, 0.4) is 0 Å². The Bertz CT molecular complexity index is 3150. The first-order chi connectivity index (χ1) is 28.2. The van der Waals surface area contributed by atoms with Gasteiger partial charge in [-0.05, 0) is 87.3 Å². The van der Waals surface area contributed by atoms with E-state index < -0.39 is 5.41 Å². The summed E-state index contributed by atoms with van der Waals surface area (Å²) in [6.45, 7) is 2.21. The van der Waals surface area contributed by atoms with Crippen LogP contribution in [0.5, 0.6) is 0 Å². The molecule has 2 aliphatic rings. The highest BCUT2D eigenvalue weighted by Crippen LogP contribution is 2.61. The van der Waals surface area contributed by atoms with Crippen molar-refractivity contribution in [1.82, 2.24) is 19.5 Å². The second-order valence-corrected chi connectivity index (χ2v) is 15.2. The van der Waals surface area contributed by atoms with Crippen LogP contribution in [0.4, 0.5) is 0 Å². The minimum Gasteiger partial charge on any atom is -0.309 e. The monoisotopic (exact) mass is 726 g/mol. The maximum Gasteiger partial charge on any atom is 0.164 e. The highest BCUT2D eigenvalue weighted by molar-refractivity contribution is 6.14. The smallest absolute Gasteiger partial charge is 0.164 e. The molecular weight excluding hydrogens is 693 g/mol. The molecule has 0 bridgehead atoms. The Balaban J connectivity index is 1.16. The van der Waals surface area contributed by atoms with E-state index in [1.54, 1.807) is 0 Å². The molecule has 0 radical (unpaired) electrons. The van der Waals surface area contributed by atoms with Gasteiger partial charge in [-0.3, -0.25) is 0 Å². The fraction of sp³-hybridized carbons (Fsp3) is 0.0377. The number of para-hydroxylation sites is 2. The first-order valence-electron chi connectivity index (χ1n) is 19.5.